The highest BCUT2D eigenvalue weighted by atomic mass is 16.4. The summed E-state index contributed by atoms with van der Waals surface area (Å²) < 4.78 is 0. The summed E-state index contributed by atoms with van der Waals surface area (Å²) in [6, 6.07) is 8.58. The average molecular weight is 272 g/mol. The van der Waals surface area contributed by atoms with Gasteiger partial charge in [-0.1, -0.05) is 24.3 Å². The van der Waals surface area contributed by atoms with E-state index < -0.39 is 7.12 Å². The van der Waals surface area contributed by atoms with Crippen LogP contribution in [-0.2, 0) is 0 Å². The first-order valence-corrected chi connectivity index (χ1v) is 5.86. The first kappa shape index (κ1) is 14.0. The highest BCUT2D eigenvalue weighted by Gasteiger charge is 2.15. The van der Waals surface area contributed by atoms with Crippen molar-refractivity contribution in [2.45, 2.75) is 0 Å². The van der Waals surface area contributed by atoms with E-state index in [-0.39, 0.29) is 22.7 Å². The predicted molar refractivity (Wildman–Crippen MR) is 76.6 cm³/mol. The molecule has 2 aromatic carbocycles. The topological polar surface area (TPSA) is 101 Å². The maximum absolute atomic E-state index is 9.63. The molecule has 0 radical (unpaired) electrons. The Labute approximate surface area is 115 Å². The van der Waals surface area contributed by atoms with Gasteiger partial charge in [-0.3, -0.25) is 0 Å². The molecule has 2 aromatic rings. The number of phenols is 3. The van der Waals surface area contributed by atoms with Crippen molar-refractivity contribution in [1.29, 1.82) is 0 Å². The number of phenolic OH excluding ortho intramolecular Hbond substituents is 3. The van der Waals surface area contributed by atoms with Crippen LogP contribution in [0.3, 0.4) is 0 Å². The van der Waals surface area contributed by atoms with Crippen LogP contribution in [0.15, 0.2) is 36.4 Å². The number of hydrogen-bond acceptors (Lipinski definition) is 5. The molecule has 0 spiro atoms. The van der Waals surface area contributed by atoms with Crippen LogP contribution in [0.5, 0.6) is 17.2 Å². The first-order valence-electron chi connectivity index (χ1n) is 5.86. The lowest BCUT2D eigenvalue weighted by Gasteiger charge is -2.04. The van der Waals surface area contributed by atoms with E-state index in [2.05, 4.69) is 0 Å². The molecule has 102 valence electrons. The summed E-state index contributed by atoms with van der Waals surface area (Å²) >= 11 is 0. The fourth-order valence-electron chi connectivity index (χ4n) is 1.74. The molecule has 2 rings (SSSR count). The van der Waals surface area contributed by atoms with Crippen LogP contribution in [-0.4, -0.2) is 32.5 Å². The van der Waals surface area contributed by atoms with Gasteiger partial charge in [0, 0.05) is 17.1 Å². The van der Waals surface area contributed by atoms with Gasteiger partial charge in [0.1, 0.15) is 17.2 Å². The molecule has 0 aliphatic heterocycles. The van der Waals surface area contributed by atoms with E-state index in [0.29, 0.717) is 11.1 Å². The van der Waals surface area contributed by atoms with E-state index in [1.807, 2.05) is 0 Å². The third-order valence-corrected chi connectivity index (χ3v) is 2.80. The van der Waals surface area contributed by atoms with Gasteiger partial charge in [-0.15, -0.1) is 0 Å². The second kappa shape index (κ2) is 5.69. The minimum atomic E-state index is -1.76. The van der Waals surface area contributed by atoms with Gasteiger partial charge >= 0.3 is 7.12 Å². The zero-order valence-electron chi connectivity index (χ0n) is 10.4. The minimum absolute atomic E-state index is 0.00192. The molecule has 0 aromatic heterocycles. The van der Waals surface area contributed by atoms with Crippen LogP contribution in [0.25, 0.3) is 12.2 Å². The zero-order chi connectivity index (χ0) is 14.7. The van der Waals surface area contributed by atoms with Crippen molar-refractivity contribution in [2.75, 3.05) is 0 Å². The molecular formula is C14H13BO5. The van der Waals surface area contributed by atoms with Crippen molar-refractivity contribution in [2.24, 2.45) is 0 Å². The monoisotopic (exact) mass is 272 g/mol. The summed E-state index contributed by atoms with van der Waals surface area (Å²) in [4.78, 5) is 0. The molecule has 0 fully saturated rings. The van der Waals surface area contributed by atoms with E-state index in [9.17, 15) is 15.3 Å². The molecule has 0 aliphatic rings. The Bertz CT molecular complexity index is 652. The Morgan fingerprint density at radius 3 is 2.20 bits per heavy atom. The van der Waals surface area contributed by atoms with Crippen LogP contribution < -0.4 is 5.46 Å². The molecule has 0 saturated carbocycles. The van der Waals surface area contributed by atoms with Crippen LogP contribution in [0.4, 0.5) is 0 Å². The summed E-state index contributed by atoms with van der Waals surface area (Å²) in [5, 5.41) is 46.4. The summed E-state index contributed by atoms with van der Waals surface area (Å²) in [6.45, 7) is 0. The van der Waals surface area contributed by atoms with E-state index in [4.69, 9.17) is 10.0 Å². The second-order valence-electron chi connectivity index (χ2n) is 4.27. The van der Waals surface area contributed by atoms with Gasteiger partial charge in [-0.2, -0.15) is 0 Å². The normalized spacial score (nSPS) is 10.9. The smallest absolute Gasteiger partial charge is 0.492 e. The fourth-order valence-corrected chi connectivity index (χ4v) is 1.74. The zero-order valence-corrected chi connectivity index (χ0v) is 10.4. The summed E-state index contributed by atoms with van der Waals surface area (Å²) in [7, 11) is -1.76. The summed E-state index contributed by atoms with van der Waals surface area (Å²) in [5.74, 6) is -0.304. The molecule has 5 N–H and O–H groups in total. The standard InChI is InChI=1S/C14H13BO5/c16-11-5-4-10(14(18)8-11)3-1-9-2-6-13(17)12(7-9)15(19)20/h1-8,16-20H/b3-1+. The Hall–Kier alpha value is -2.44. The van der Waals surface area contributed by atoms with E-state index >= 15 is 0 Å². The molecule has 0 heterocycles. The Balaban J connectivity index is 2.29. The third-order valence-electron chi connectivity index (χ3n) is 2.80. The fraction of sp³-hybridized carbons (Fsp3) is 0. The van der Waals surface area contributed by atoms with Crippen molar-refractivity contribution in [1.82, 2.24) is 0 Å². The highest BCUT2D eigenvalue weighted by Crippen LogP contribution is 2.24. The van der Waals surface area contributed by atoms with E-state index in [1.165, 1.54) is 24.3 Å². The molecule has 6 heteroatoms. The molecule has 0 aliphatic carbocycles. The van der Waals surface area contributed by atoms with Crippen LogP contribution in [0.2, 0.25) is 0 Å². The second-order valence-corrected chi connectivity index (χ2v) is 4.27. The van der Waals surface area contributed by atoms with E-state index in [1.54, 1.807) is 24.3 Å². The molecule has 20 heavy (non-hydrogen) atoms. The lowest BCUT2D eigenvalue weighted by Crippen LogP contribution is -2.30. The molecule has 0 bridgehead atoms. The minimum Gasteiger partial charge on any atom is -0.508 e. The average Bonchev–Trinajstić information content (AvgIpc) is 2.39. The molecule has 0 amide bonds. The van der Waals surface area contributed by atoms with Gasteiger partial charge in [0.05, 0.1) is 0 Å². The first-order chi connectivity index (χ1) is 9.47. The number of benzene rings is 2. The lowest BCUT2D eigenvalue weighted by molar-refractivity contribution is 0.419. The molecule has 0 saturated heterocycles. The summed E-state index contributed by atoms with van der Waals surface area (Å²) in [6.07, 6.45) is 3.24. The number of rotatable bonds is 3. The van der Waals surface area contributed by atoms with Crippen LogP contribution >= 0.6 is 0 Å². The van der Waals surface area contributed by atoms with Gasteiger partial charge in [-0.25, -0.2) is 0 Å². The van der Waals surface area contributed by atoms with Crippen molar-refractivity contribution < 1.29 is 25.4 Å². The Morgan fingerprint density at radius 1 is 0.800 bits per heavy atom. The van der Waals surface area contributed by atoms with Gasteiger partial charge in [-0.05, 0) is 23.8 Å². The van der Waals surface area contributed by atoms with Crippen molar-refractivity contribution >= 4 is 24.7 Å². The van der Waals surface area contributed by atoms with E-state index in [0.717, 1.165) is 0 Å². The maximum Gasteiger partial charge on any atom is 0.492 e. The molecular weight excluding hydrogens is 259 g/mol. The Kier molecular flexibility index (Phi) is 3.98. The summed E-state index contributed by atoms with van der Waals surface area (Å²) in [5.41, 5.74) is 1.13. The number of hydrogen-bond donors (Lipinski definition) is 5. The Morgan fingerprint density at radius 2 is 1.55 bits per heavy atom. The van der Waals surface area contributed by atoms with Gasteiger partial charge < -0.3 is 25.4 Å². The molecule has 5 nitrogen and oxygen atoms in total. The molecule has 0 unspecified atom stereocenters. The quantitative estimate of drug-likeness (QED) is 0.417. The predicted octanol–water partition coefficient (Wildman–Crippen LogP) is 0.654. The highest BCUT2D eigenvalue weighted by molar-refractivity contribution is 6.59. The number of aromatic hydroxyl groups is 3. The SMILES string of the molecule is OB(O)c1cc(/C=C/c2ccc(O)cc2O)ccc1O. The van der Waals surface area contributed by atoms with Crippen LogP contribution in [0, 0.1) is 0 Å². The molecule has 0 atom stereocenters. The van der Waals surface area contributed by atoms with Gasteiger partial charge in [0.2, 0.25) is 0 Å². The van der Waals surface area contributed by atoms with Gasteiger partial charge in [0.15, 0.2) is 0 Å². The largest absolute Gasteiger partial charge is 0.508 e. The maximum atomic E-state index is 9.63. The third kappa shape index (κ3) is 3.11. The van der Waals surface area contributed by atoms with Gasteiger partial charge in [0.25, 0.3) is 0 Å². The van der Waals surface area contributed by atoms with Crippen molar-refractivity contribution in [3.8, 4) is 17.2 Å². The van der Waals surface area contributed by atoms with Crippen molar-refractivity contribution in [3.05, 3.63) is 47.5 Å². The van der Waals surface area contributed by atoms with Crippen LogP contribution in [0.1, 0.15) is 11.1 Å². The van der Waals surface area contributed by atoms with Crippen molar-refractivity contribution in [3.63, 3.8) is 0 Å². The lowest BCUT2D eigenvalue weighted by atomic mass is 9.79.